The molecule has 5 nitrogen and oxygen atoms in total. The van der Waals surface area contributed by atoms with E-state index in [-0.39, 0.29) is 12.0 Å². The number of carboxylic acid groups (broad SMARTS) is 1. The fraction of sp³-hybridized carbons (Fsp3) is 0.600. The summed E-state index contributed by atoms with van der Waals surface area (Å²) in [6.07, 6.45) is 4.95. The summed E-state index contributed by atoms with van der Waals surface area (Å²) in [5.41, 5.74) is 1.39. The van der Waals surface area contributed by atoms with Crippen LogP contribution < -0.4 is 0 Å². The van der Waals surface area contributed by atoms with Gasteiger partial charge in [0.2, 0.25) is 5.91 Å². The number of ether oxygens (including phenoxy) is 1. The number of carboxylic acids is 1. The van der Waals surface area contributed by atoms with Gasteiger partial charge < -0.3 is 14.7 Å². The van der Waals surface area contributed by atoms with E-state index in [1.54, 1.807) is 7.11 Å². The molecule has 0 bridgehead atoms. The molecule has 1 saturated carbocycles. The highest BCUT2D eigenvalue weighted by molar-refractivity contribution is 5.84. The zero-order chi connectivity index (χ0) is 17.8. The van der Waals surface area contributed by atoms with Crippen molar-refractivity contribution in [1.82, 2.24) is 4.90 Å². The lowest BCUT2D eigenvalue weighted by Crippen LogP contribution is -2.41. The van der Waals surface area contributed by atoms with Crippen LogP contribution in [-0.4, -0.2) is 47.7 Å². The molecule has 2 aliphatic rings. The van der Waals surface area contributed by atoms with Crippen LogP contribution in [-0.2, 0) is 14.3 Å². The number of carbonyl (C=O) groups is 2. The van der Waals surface area contributed by atoms with Crippen LogP contribution in [0, 0.1) is 5.92 Å². The molecule has 1 aliphatic heterocycles. The smallest absolute Gasteiger partial charge is 0.326 e. The van der Waals surface area contributed by atoms with Gasteiger partial charge in [-0.2, -0.15) is 0 Å². The Bertz CT molecular complexity index is 595. The predicted octanol–water partition coefficient (Wildman–Crippen LogP) is 3.05. The number of hydrogen-bond donors (Lipinski definition) is 1. The van der Waals surface area contributed by atoms with Crippen LogP contribution in [0.4, 0.5) is 0 Å². The predicted molar refractivity (Wildman–Crippen MR) is 94.3 cm³/mol. The Morgan fingerprint density at radius 3 is 2.44 bits per heavy atom. The van der Waals surface area contributed by atoms with Crippen LogP contribution in [0.5, 0.6) is 0 Å². The molecule has 1 N–H and O–H groups in total. The second-order valence-electron chi connectivity index (χ2n) is 7.33. The first-order valence-electron chi connectivity index (χ1n) is 9.18. The number of aliphatic carboxylic acids is 1. The van der Waals surface area contributed by atoms with Crippen LogP contribution in [0.25, 0.3) is 0 Å². The molecule has 2 fully saturated rings. The minimum Gasteiger partial charge on any atom is -0.480 e. The monoisotopic (exact) mass is 345 g/mol. The van der Waals surface area contributed by atoms with Crippen LogP contribution in [0.1, 0.15) is 50.0 Å². The first kappa shape index (κ1) is 17.9. The molecular weight excluding hydrogens is 318 g/mol. The standard InChI is InChI=1S/C20H27NO4/c1-25-17-12-18(20(23)24)21(13-17)19(22)11-14-7-9-16(10-8-14)15-5-3-2-4-6-15/h2-6,14,16-18H,7-13H2,1H3,(H,23,24). The van der Waals surface area contributed by atoms with Crippen LogP contribution in [0.15, 0.2) is 30.3 Å². The first-order valence-corrected chi connectivity index (χ1v) is 9.18. The molecule has 1 amide bonds. The van der Waals surface area contributed by atoms with Crippen LogP contribution in [0.2, 0.25) is 0 Å². The zero-order valence-corrected chi connectivity index (χ0v) is 14.8. The summed E-state index contributed by atoms with van der Waals surface area (Å²) >= 11 is 0. The van der Waals surface area contributed by atoms with Crippen molar-refractivity contribution in [3.63, 3.8) is 0 Å². The molecular formula is C20H27NO4. The number of rotatable bonds is 5. The molecule has 0 spiro atoms. The summed E-state index contributed by atoms with van der Waals surface area (Å²) in [4.78, 5) is 25.6. The van der Waals surface area contributed by atoms with Crippen molar-refractivity contribution in [1.29, 1.82) is 0 Å². The van der Waals surface area contributed by atoms with Gasteiger partial charge >= 0.3 is 5.97 Å². The summed E-state index contributed by atoms with van der Waals surface area (Å²) in [5.74, 6) is -0.0109. The van der Waals surface area contributed by atoms with Gasteiger partial charge in [0.25, 0.3) is 0 Å². The van der Waals surface area contributed by atoms with Gasteiger partial charge in [0.05, 0.1) is 6.10 Å². The number of carbonyl (C=O) groups excluding carboxylic acids is 1. The van der Waals surface area contributed by atoms with Crippen molar-refractivity contribution in [2.45, 2.75) is 56.6 Å². The average molecular weight is 345 g/mol. The summed E-state index contributed by atoms with van der Waals surface area (Å²) in [6, 6.07) is 9.83. The maximum absolute atomic E-state index is 12.6. The van der Waals surface area contributed by atoms with Crippen molar-refractivity contribution in [3.8, 4) is 0 Å². The summed E-state index contributed by atoms with van der Waals surface area (Å²) < 4.78 is 5.27. The fourth-order valence-corrected chi connectivity index (χ4v) is 4.27. The van der Waals surface area contributed by atoms with Crippen LogP contribution >= 0.6 is 0 Å². The van der Waals surface area contributed by atoms with Gasteiger partial charge in [0.15, 0.2) is 0 Å². The number of nitrogens with zero attached hydrogens (tertiary/aromatic N) is 1. The fourth-order valence-electron chi connectivity index (χ4n) is 4.27. The molecule has 5 heteroatoms. The van der Waals surface area contributed by atoms with Crippen molar-refractivity contribution < 1.29 is 19.4 Å². The molecule has 1 aromatic rings. The molecule has 2 atom stereocenters. The molecule has 0 radical (unpaired) electrons. The van der Waals surface area contributed by atoms with Gasteiger partial charge in [-0.15, -0.1) is 0 Å². The Balaban J connectivity index is 1.53. The minimum atomic E-state index is -0.930. The van der Waals surface area contributed by atoms with Gasteiger partial charge in [0.1, 0.15) is 6.04 Å². The molecule has 1 heterocycles. The molecule has 3 rings (SSSR count). The largest absolute Gasteiger partial charge is 0.480 e. The van der Waals surface area contributed by atoms with Gasteiger partial charge in [-0.05, 0) is 43.1 Å². The van der Waals surface area contributed by atoms with E-state index < -0.39 is 12.0 Å². The Labute approximate surface area is 149 Å². The molecule has 1 aromatic carbocycles. The third kappa shape index (κ3) is 4.21. The zero-order valence-electron chi connectivity index (χ0n) is 14.8. The third-order valence-corrected chi connectivity index (χ3v) is 5.78. The number of likely N-dealkylation sites (tertiary alicyclic amines) is 1. The number of methoxy groups -OCH3 is 1. The van der Waals surface area contributed by atoms with Gasteiger partial charge in [0, 0.05) is 26.5 Å². The van der Waals surface area contributed by atoms with Crippen molar-refractivity contribution >= 4 is 11.9 Å². The highest BCUT2D eigenvalue weighted by Gasteiger charge is 2.40. The highest BCUT2D eigenvalue weighted by atomic mass is 16.5. The average Bonchev–Trinajstić information content (AvgIpc) is 3.08. The lowest BCUT2D eigenvalue weighted by molar-refractivity contribution is -0.148. The first-order chi connectivity index (χ1) is 12.1. The number of amides is 1. The molecule has 0 aromatic heterocycles. The maximum atomic E-state index is 12.6. The Morgan fingerprint density at radius 1 is 1.16 bits per heavy atom. The summed E-state index contributed by atoms with van der Waals surface area (Å²) in [7, 11) is 1.57. The Kier molecular flexibility index (Phi) is 5.74. The van der Waals surface area contributed by atoms with Gasteiger partial charge in [-0.25, -0.2) is 4.79 Å². The molecule has 136 valence electrons. The Hall–Kier alpha value is -1.88. The summed E-state index contributed by atoms with van der Waals surface area (Å²) in [5, 5.41) is 9.36. The van der Waals surface area contributed by atoms with E-state index >= 15 is 0 Å². The normalized spacial score (nSPS) is 29.6. The SMILES string of the molecule is COC1CC(C(=O)O)N(C(=O)CC2CCC(c3ccccc3)CC2)C1. The topological polar surface area (TPSA) is 66.8 Å². The third-order valence-electron chi connectivity index (χ3n) is 5.78. The van der Waals surface area contributed by atoms with E-state index in [9.17, 15) is 14.7 Å². The lowest BCUT2D eigenvalue weighted by atomic mass is 9.77. The van der Waals surface area contributed by atoms with E-state index in [0.29, 0.717) is 31.2 Å². The second kappa shape index (κ2) is 8.00. The quantitative estimate of drug-likeness (QED) is 0.891. The van der Waals surface area contributed by atoms with Crippen molar-refractivity contribution in [2.75, 3.05) is 13.7 Å². The van der Waals surface area contributed by atoms with Crippen molar-refractivity contribution in [2.24, 2.45) is 5.92 Å². The molecule has 2 unspecified atom stereocenters. The van der Waals surface area contributed by atoms with E-state index in [2.05, 4.69) is 24.3 Å². The van der Waals surface area contributed by atoms with Crippen molar-refractivity contribution in [3.05, 3.63) is 35.9 Å². The maximum Gasteiger partial charge on any atom is 0.326 e. The minimum absolute atomic E-state index is 0.0323. The van der Waals surface area contributed by atoms with E-state index in [0.717, 1.165) is 25.7 Å². The highest BCUT2D eigenvalue weighted by Crippen LogP contribution is 2.37. The Morgan fingerprint density at radius 2 is 1.84 bits per heavy atom. The van der Waals surface area contributed by atoms with E-state index in [4.69, 9.17) is 4.74 Å². The number of benzene rings is 1. The number of hydrogen-bond acceptors (Lipinski definition) is 3. The molecule has 1 aliphatic carbocycles. The van der Waals surface area contributed by atoms with Crippen LogP contribution in [0.3, 0.4) is 0 Å². The summed E-state index contributed by atoms with van der Waals surface area (Å²) in [6.45, 7) is 0.395. The van der Waals surface area contributed by atoms with Gasteiger partial charge in [-0.1, -0.05) is 30.3 Å². The second-order valence-corrected chi connectivity index (χ2v) is 7.33. The van der Waals surface area contributed by atoms with E-state index in [1.165, 1.54) is 10.5 Å². The lowest BCUT2D eigenvalue weighted by Gasteiger charge is -2.30. The molecule has 1 saturated heterocycles. The van der Waals surface area contributed by atoms with E-state index in [1.807, 2.05) is 6.07 Å². The molecule has 25 heavy (non-hydrogen) atoms. The van der Waals surface area contributed by atoms with Gasteiger partial charge in [-0.3, -0.25) is 4.79 Å².